The van der Waals surface area contributed by atoms with Crippen molar-refractivity contribution in [2.24, 2.45) is 0 Å². The third kappa shape index (κ3) is 3.66. The minimum atomic E-state index is -0.463. The van der Waals surface area contributed by atoms with Crippen molar-refractivity contribution in [1.29, 1.82) is 0 Å². The molecule has 0 atom stereocenters. The fourth-order valence-electron chi connectivity index (χ4n) is 4.25. The molecule has 4 rings (SSSR count). The second-order valence-corrected chi connectivity index (χ2v) is 7.50. The zero-order valence-corrected chi connectivity index (χ0v) is 16.3. The van der Waals surface area contributed by atoms with Crippen molar-refractivity contribution in [3.8, 4) is 17.2 Å². The highest BCUT2D eigenvalue weighted by Gasteiger charge is 2.43. The first-order valence-electron chi connectivity index (χ1n) is 10.0. The van der Waals surface area contributed by atoms with Gasteiger partial charge in [-0.05, 0) is 54.7 Å². The summed E-state index contributed by atoms with van der Waals surface area (Å²) >= 11 is 0. The van der Waals surface area contributed by atoms with Gasteiger partial charge in [0.1, 0.15) is 19.0 Å². The zero-order valence-electron chi connectivity index (χ0n) is 16.3. The van der Waals surface area contributed by atoms with Gasteiger partial charge in [0.05, 0.1) is 12.5 Å². The molecule has 1 saturated carbocycles. The monoisotopic (exact) mass is 381 g/mol. The Morgan fingerprint density at radius 2 is 1.75 bits per heavy atom. The number of nitrogens with one attached hydrogen (secondary N) is 1. The molecule has 0 spiro atoms. The zero-order chi connectivity index (χ0) is 19.4. The highest BCUT2D eigenvalue weighted by molar-refractivity contribution is 5.88. The molecule has 2 aliphatic rings. The fraction of sp³-hybridized carbons (Fsp3) is 0.435. The van der Waals surface area contributed by atoms with Crippen LogP contribution in [0.4, 0.5) is 0 Å². The average molecular weight is 381 g/mol. The summed E-state index contributed by atoms with van der Waals surface area (Å²) in [6, 6.07) is 13.9. The van der Waals surface area contributed by atoms with Crippen molar-refractivity contribution < 1.29 is 19.0 Å². The van der Waals surface area contributed by atoms with Crippen LogP contribution in [0, 0.1) is 0 Å². The Morgan fingerprint density at radius 3 is 2.46 bits per heavy atom. The molecule has 0 saturated heterocycles. The minimum absolute atomic E-state index is 0.121. The van der Waals surface area contributed by atoms with Crippen LogP contribution in [-0.4, -0.2) is 32.8 Å². The largest absolute Gasteiger partial charge is 0.497 e. The quantitative estimate of drug-likeness (QED) is 0.830. The molecular formula is C23H27NO4. The van der Waals surface area contributed by atoms with Gasteiger partial charge in [-0.3, -0.25) is 4.79 Å². The summed E-state index contributed by atoms with van der Waals surface area (Å²) in [5.41, 5.74) is 1.76. The number of methoxy groups -OCH3 is 1. The summed E-state index contributed by atoms with van der Waals surface area (Å²) in [6.07, 6.45) is 4.69. The molecule has 0 bridgehead atoms. The van der Waals surface area contributed by atoms with E-state index in [4.69, 9.17) is 14.2 Å². The minimum Gasteiger partial charge on any atom is -0.497 e. The van der Waals surface area contributed by atoms with Crippen molar-refractivity contribution in [3.05, 3.63) is 53.6 Å². The summed E-state index contributed by atoms with van der Waals surface area (Å²) in [6.45, 7) is 1.75. The van der Waals surface area contributed by atoms with E-state index in [1.807, 2.05) is 42.5 Å². The maximum absolute atomic E-state index is 13.2. The van der Waals surface area contributed by atoms with Gasteiger partial charge in [-0.25, -0.2) is 0 Å². The van der Waals surface area contributed by atoms with Crippen LogP contribution in [0.2, 0.25) is 0 Å². The van der Waals surface area contributed by atoms with Crippen LogP contribution in [0.3, 0.4) is 0 Å². The molecule has 1 aliphatic heterocycles. The molecule has 0 unspecified atom stereocenters. The first-order valence-corrected chi connectivity index (χ1v) is 10.0. The molecule has 148 valence electrons. The van der Waals surface area contributed by atoms with Gasteiger partial charge < -0.3 is 19.5 Å². The van der Waals surface area contributed by atoms with Crippen molar-refractivity contribution >= 4 is 5.91 Å². The summed E-state index contributed by atoms with van der Waals surface area (Å²) in [5, 5.41) is 3.18. The van der Waals surface area contributed by atoms with E-state index in [1.165, 1.54) is 5.56 Å². The molecular weight excluding hydrogens is 354 g/mol. The normalized spacial score (nSPS) is 17.2. The second kappa shape index (κ2) is 8.13. The standard InChI is InChI=1S/C23H27NO4/c1-26-19-7-4-17(5-8-19)10-13-24-22(25)23(11-2-3-12-23)18-6-9-20-21(16-18)28-15-14-27-20/h4-9,16H,2-3,10-15H2,1H3,(H,24,25). The SMILES string of the molecule is COc1ccc(CCNC(=O)C2(c3ccc4c(c3)OCCO4)CCCC2)cc1. The lowest BCUT2D eigenvalue weighted by atomic mass is 9.77. The first kappa shape index (κ1) is 18.7. The van der Waals surface area contributed by atoms with E-state index < -0.39 is 5.41 Å². The number of benzene rings is 2. The topological polar surface area (TPSA) is 56.8 Å². The molecule has 5 heteroatoms. The van der Waals surface area contributed by atoms with Crippen LogP contribution in [0.25, 0.3) is 0 Å². The Morgan fingerprint density at radius 1 is 1.04 bits per heavy atom. The van der Waals surface area contributed by atoms with E-state index in [0.29, 0.717) is 19.8 Å². The van der Waals surface area contributed by atoms with E-state index in [1.54, 1.807) is 7.11 Å². The van der Waals surface area contributed by atoms with E-state index in [9.17, 15) is 4.79 Å². The van der Waals surface area contributed by atoms with Gasteiger partial charge in [0.15, 0.2) is 11.5 Å². The molecule has 28 heavy (non-hydrogen) atoms. The van der Waals surface area contributed by atoms with E-state index >= 15 is 0 Å². The smallest absolute Gasteiger partial charge is 0.230 e. The molecule has 5 nitrogen and oxygen atoms in total. The Hall–Kier alpha value is -2.69. The van der Waals surface area contributed by atoms with Gasteiger partial charge in [-0.15, -0.1) is 0 Å². The molecule has 1 amide bonds. The average Bonchev–Trinajstić information content (AvgIpc) is 3.25. The second-order valence-electron chi connectivity index (χ2n) is 7.50. The van der Waals surface area contributed by atoms with Gasteiger partial charge in [0.25, 0.3) is 0 Å². The number of hydrogen-bond acceptors (Lipinski definition) is 4. The molecule has 2 aromatic rings. The lowest BCUT2D eigenvalue weighted by Gasteiger charge is -2.30. The summed E-state index contributed by atoms with van der Waals surface area (Å²) in [4.78, 5) is 13.2. The molecule has 1 aliphatic carbocycles. The molecule has 1 N–H and O–H groups in total. The number of carbonyl (C=O) groups is 1. The maximum Gasteiger partial charge on any atom is 0.230 e. The molecule has 0 radical (unpaired) electrons. The molecule has 1 fully saturated rings. The molecule has 0 aromatic heterocycles. The van der Waals surface area contributed by atoms with Gasteiger partial charge in [-0.2, -0.15) is 0 Å². The predicted octanol–water partition coefficient (Wildman–Crippen LogP) is 3.64. The lowest BCUT2D eigenvalue weighted by Crippen LogP contribution is -2.43. The maximum atomic E-state index is 13.2. The lowest BCUT2D eigenvalue weighted by molar-refractivity contribution is -0.126. The van der Waals surface area contributed by atoms with Gasteiger partial charge in [0.2, 0.25) is 5.91 Å². The van der Waals surface area contributed by atoms with Crippen LogP contribution in [0.5, 0.6) is 17.2 Å². The Balaban J connectivity index is 1.45. The van der Waals surface area contributed by atoms with Crippen molar-refractivity contribution in [2.45, 2.75) is 37.5 Å². The van der Waals surface area contributed by atoms with E-state index in [2.05, 4.69) is 5.32 Å². The number of amides is 1. The first-order chi connectivity index (χ1) is 13.7. The number of hydrogen-bond donors (Lipinski definition) is 1. The van der Waals surface area contributed by atoms with Gasteiger partial charge >= 0.3 is 0 Å². The Bertz CT molecular complexity index is 825. The van der Waals surface area contributed by atoms with E-state index in [0.717, 1.165) is 54.9 Å². The van der Waals surface area contributed by atoms with Crippen LogP contribution in [0.1, 0.15) is 36.8 Å². The van der Waals surface area contributed by atoms with Crippen molar-refractivity contribution in [1.82, 2.24) is 5.32 Å². The predicted molar refractivity (Wildman–Crippen MR) is 107 cm³/mol. The Labute approximate surface area is 166 Å². The van der Waals surface area contributed by atoms with Crippen molar-refractivity contribution in [3.63, 3.8) is 0 Å². The highest BCUT2D eigenvalue weighted by atomic mass is 16.6. The van der Waals surface area contributed by atoms with Crippen LogP contribution >= 0.6 is 0 Å². The van der Waals surface area contributed by atoms with Gasteiger partial charge in [-0.1, -0.05) is 31.0 Å². The molecule has 2 aromatic carbocycles. The molecule has 1 heterocycles. The summed E-state index contributed by atoms with van der Waals surface area (Å²) in [7, 11) is 1.66. The van der Waals surface area contributed by atoms with Crippen LogP contribution in [0.15, 0.2) is 42.5 Å². The number of rotatable bonds is 6. The summed E-state index contributed by atoms with van der Waals surface area (Å²) < 4.78 is 16.6. The number of ether oxygens (including phenoxy) is 3. The van der Waals surface area contributed by atoms with Crippen LogP contribution in [-0.2, 0) is 16.6 Å². The third-order valence-electron chi connectivity index (χ3n) is 5.84. The fourth-order valence-corrected chi connectivity index (χ4v) is 4.25. The third-order valence-corrected chi connectivity index (χ3v) is 5.84. The highest BCUT2D eigenvalue weighted by Crippen LogP contribution is 2.44. The van der Waals surface area contributed by atoms with Gasteiger partial charge in [0, 0.05) is 6.54 Å². The van der Waals surface area contributed by atoms with Crippen LogP contribution < -0.4 is 19.5 Å². The number of fused-ring (bicyclic) bond motifs is 1. The number of carbonyl (C=O) groups excluding carboxylic acids is 1. The summed E-state index contributed by atoms with van der Waals surface area (Å²) in [5.74, 6) is 2.48. The Kier molecular flexibility index (Phi) is 5.42. The van der Waals surface area contributed by atoms with Crippen molar-refractivity contribution in [2.75, 3.05) is 26.9 Å². The van der Waals surface area contributed by atoms with E-state index in [-0.39, 0.29) is 5.91 Å².